The quantitative estimate of drug-likeness (QED) is 0.800. The zero-order valence-corrected chi connectivity index (χ0v) is 12.1. The van der Waals surface area contributed by atoms with Gasteiger partial charge in [-0.15, -0.1) is 0 Å². The predicted molar refractivity (Wildman–Crippen MR) is 75.5 cm³/mol. The highest BCUT2D eigenvalue weighted by molar-refractivity contribution is 9.09. The van der Waals surface area contributed by atoms with Crippen LogP contribution in [0.15, 0.2) is 17.2 Å². The van der Waals surface area contributed by atoms with Gasteiger partial charge in [0.15, 0.2) is 5.82 Å². The van der Waals surface area contributed by atoms with Crippen molar-refractivity contribution in [1.82, 2.24) is 9.55 Å². The second-order valence-corrected chi connectivity index (χ2v) is 6.80. The molecule has 1 heterocycles. The topological polar surface area (TPSA) is 38.1 Å². The second kappa shape index (κ2) is 4.68. The Morgan fingerprint density at radius 1 is 1.50 bits per heavy atom. The van der Waals surface area contributed by atoms with Gasteiger partial charge in [0.1, 0.15) is 0 Å². The maximum Gasteiger partial charge on any atom is 0.293 e. The molecular weight excluding hydrogens is 294 g/mol. The molecule has 98 valence electrons. The van der Waals surface area contributed by atoms with Gasteiger partial charge in [-0.1, -0.05) is 15.9 Å². The third-order valence-corrected chi connectivity index (χ3v) is 4.61. The Labute approximate surface area is 115 Å². The first-order valence-electron chi connectivity index (χ1n) is 6.57. The fraction of sp³-hybridized carbons (Fsp3) is 0.692. The monoisotopic (exact) mass is 311 g/mol. The standard InChI is InChI=1S/C13H18BrN3O/c1-16(8-9-6-10(14)7-9)12-13(18)17(5-4-15-12)11-2-3-11/h4-5,9-11H,2-3,6-8H2,1H3. The largest absolute Gasteiger partial charge is 0.355 e. The number of hydrogen-bond acceptors (Lipinski definition) is 3. The predicted octanol–water partition coefficient (Wildman–Crippen LogP) is 2.19. The minimum atomic E-state index is 0.0669. The van der Waals surface area contributed by atoms with Gasteiger partial charge in [-0.2, -0.15) is 0 Å². The molecule has 0 N–H and O–H groups in total. The average molecular weight is 312 g/mol. The van der Waals surface area contributed by atoms with Crippen LogP contribution in [-0.4, -0.2) is 28.0 Å². The van der Waals surface area contributed by atoms with E-state index in [0.29, 0.717) is 22.6 Å². The summed E-state index contributed by atoms with van der Waals surface area (Å²) in [7, 11) is 1.97. The first-order valence-corrected chi connectivity index (χ1v) is 7.49. The smallest absolute Gasteiger partial charge is 0.293 e. The fourth-order valence-electron chi connectivity index (χ4n) is 2.59. The van der Waals surface area contributed by atoms with Crippen molar-refractivity contribution in [3.8, 4) is 0 Å². The van der Waals surface area contributed by atoms with Crippen LogP contribution in [0.4, 0.5) is 5.82 Å². The van der Waals surface area contributed by atoms with E-state index < -0.39 is 0 Å². The first kappa shape index (κ1) is 12.2. The summed E-state index contributed by atoms with van der Waals surface area (Å²) in [6.07, 6.45) is 8.22. The summed E-state index contributed by atoms with van der Waals surface area (Å²) in [5.41, 5.74) is 0.0669. The van der Waals surface area contributed by atoms with E-state index in [-0.39, 0.29) is 5.56 Å². The molecule has 2 saturated carbocycles. The summed E-state index contributed by atoms with van der Waals surface area (Å²) >= 11 is 3.60. The van der Waals surface area contributed by atoms with E-state index in [1.807, 2.05) is 22.7 Å². The van der Waals surface area contributed by atoms with Crippen molar-refractivity contribution in [2.24, 2.45) is 5.92 Å². The van der Waals surface area contributed by atoms with Gasteiger partial charge in [-0.3, -0.25) is 4.79 Å². The maximum atomic E-state index is 12.3. The van der Waals surface area contributed by atoms with E-state index in [9.17, 15) is 4.79 Å². The van der Waals surface area contributed by atoms with Crippen molar-refractivity contribution in [3.05, 3.63) is 22.7 Å². The van der Waals surface area contributed by atoms with Crippen LogP contribution in [0.5, 0.6) is 0 Å². The van der Waals surface area contributed by atoms with Gasteiger partial charge < -0.3 is 9.47 Å². The molecule has 1 aromatic rings. The number of hydrogen-bond donors (Lipinski definition) is 0. The van der Waals surface area contributed by atoms with Crippen LogP contribution in [0.3, 0.4) is 0 Å². The van der Waals surface area contributed by atoms with Gasteiger partial charge in [0, 0.05) is 36.9 Å². The number of anilines is 1. The van der Waals surface area contributed by atoms with Gasteiger partial charge in [0.2, 0.25) is 0 Å². The molecule has 2 fully saturated rings. The Morgan fingerprint density at radius 3 is 2.83 bits per heavy atom. The highest BCUT2D eigenvalue weighted by Crippen LogP contribution is 2.35. The van der Waals surface area contributed by atoms with Crippen molar-refractivity contribution < 1.29 is 0 Å². The third-order valence-electron chi connectivity index (χ3n) is 3.86. The SMILES string of the molecule is CN(CC1CC(Br)C1)c1nccn(C2CC2)c1=O. The van der Waals surface area contributed by atoms with E-state index >= 15 is 0 Å². The van der Waals surface area contributed by atoms with Crippen LogP contribution in [0.1, 0.15) is 31.7 Å². The number of nitrogens with zero attached hydrogens (tertiary/aromatic N) is 3. The van der Waals surface area contributed by atoms with E-state index in [4.69, 9.17) is 0 Å². The molecule has 0 aliphatic heterocycles. The lowest BCUT2D eigenvalue weighted by molar-refractivity contribution is 0.338. The van der Waals surface area contributed by atoms with Crippen LogP contribution in [0, 0.1) is 5.92 Å². The molecule has 0 aromatic carbocycles. The number of alkyl halides is 1. The molecule has 18 heavy (non-hydrogen) atoms. The number of rotatable bonds is 4. The summed E-state index contributed by atoms with van der Waals surface area (Å²) in [6, 6.07) is 0.420. The van der Waals surface area contributed by atoms with Crippen molar-refractivity contribution in [2.45, 2.75) is 36.6 Å². The van der Waals surface area contributed by atoms with E-state index in [1.54, 1.807) is 6.20 Å². The molecule has 0 radical (unpaired) electrons. The van der Waals surface area contributed by atoms with Crippen LogP contribution < -0.4 is 10.5 Å². The molecule has 1 aromatic heterocycles. The Balaban J connectivity index is 1.74. The molecule has 0 saturated heterocycles. The lowest BCUT2D eigenvalue weighted by Crippen LogP contribution is -2.38. The van der Waals surface area contributed by atoms with E-state index in [2.05, 4.69) is 20.9 Å². The van der Waals surface area contributed by atoms with Gasteiger partial charge in [0.05, 0.1) is 0 Å². The lowest BCUT2D eigenvalue weighted by Gasteiger charge is -2.34. The third kappa shape index (κ3) is 2.32. The van der Waals surface area contributed by atoms with E-state index in [0.717, 1.165) is 19.4 Å². The Bertz CT molecular complexity index is 491. The molecule has 2 aliphatic carbocycles. The van der Waals surface area contributed by atoms with E-state index in [1.165, 1.54) is 12.8 Å². The second-order valence-electron chi connectivity index (χ2n) is 5.51. The molecule has 0 spiro atoms. The van der Waals surface area contributed by atoms with Gasteiger partial charge >= 0.3 is 0 Å². The number of aromatic nitrogens is 2. The molecule has 0 unspecified atom stereocenters. The molecule has 5 heteroatoms. The summed E-state index contributed by atoms with van der Waals surface area (Å²) in [5, 5.41) is 0. The summed E-state index contributed by atoms with van der Waals surface area (Å²) < 4.78 is 1.84. The molecule has 0 bridgehead atoms. The van der Waals surface area contributed by atoms with Crippen molar-refractivity contribution in [3.63, 3.8) is 0 Å². The lowest BCUT2D eigenvalue weighted by atomic mass is 9.85. The molecular formula is C13H18BrN3O. The molecule has 0 amide bonds. The minimum absolute atomic E-state index is 0.0669. The molecule has 4 nitrogen and oxygen atoms in total. The van der Waals surface area contributed by atoms with Gasteiger partial charge in [0.25, 0.3) is 5.56 Å². The zero-order chi connectivity index (χ0) is 12.7. The van der Waals surface area contributed by atoms with Crippen LogP contribution in [0.2, 0.25) is 0 Å². The van der Waals surface area contributed by atoms with Crippen LogP contribution >= 0.6 is 15.9 Å². The van der Waals surface area contributed by atoms with Crippen molar-refractivity contribution in [2.75, 3.05) is 18.5 Å². The van der Waals surface area contributed by atoms with Crippen molar-refractivity contribution >= 4 is 21.7 Å². The van der Waals surface area contributed by atoms with Crippen LogP contribution in [0.25, 0.3) is 0 Å². The molecule has 2 aliphatic rings. The summed E-state index contributed by atoms with van der Waals surface area (Å²) in [5.74, 6) is 1.29. The zero-order valence-electron chi connectivity index (χ0n) is 10.6. The van der Waals surface area contributed by atoms with Crippen molar-refractivity contribution in [1.29, 1.82) is 0 Å². The first-order chi connectivity index (χ1) is 8.65. The highest BCUT2D eigenvalue weighted by Gasteiger charge is 2.29. The maximum absolute atomic E-state index is 12.3. The fourth-order valence-corrected chi connectivity index (χ4v) is 3.65. The Hall–Kier alpha value is -0.840. The molecule has 3 rings (SSSR count). The normalized spacial score (nSPS) is 26.8. The summed E-state index contributed by atoms with van der Waals surface area (Å²) in [6.45, 7) is 0.930. The highest BCUT2D eigenvalue weighted by atomic mass is 79.9. The summed E-state index contributed by atoms with van der Waals surface area (Å²) in [4.78, 5) is 19.2. The number of halogens is 1. The molecule has 0 atom stereocenters. The average Bonchev–Trinajstić information content (AvgIpc) is 3.11. The van der Waals surface area contributed by atoms with Gasteiger partial charge in [-0.05, 0) is 31.6 Å². The minimum Gasteiger partial charge on any atom is -0.355 e. The van der Waals surface area contributed by atoms with Gasteiger partial charge in [-0.25, -0.2) is 4.98 Å². The van der Waals surface area contributed by atoms with Crippen LogP contribution in [-0.2, 0) is 0 Å². The Kier molecular flexibility index (Phi) is 3.18. The Morgan fingerprint density at radius 2 is 2.22 bits per heavy atom.